The number of allylic oxidation sites excluding steroid dienone is 1. The van der Waals surface area contributed by atoms with Gasteiger partial charge in [-0.3, -0.25) is 4.79 Å². The molecule has 0 amide bonds. The van der Waals surface area contributed by atoms with Crippen LogP contribution in [0.25, 0.3) is 0 Å². The van der Waals surface area contributed by atoms with E-state index in [-0.39, 0.29) is 5.97 Å². The maximum Gasteiger partial charge on any atom is 0.326 e. The SMILES string of the molecule is CCCCOC(=O)C1(N)CC(C=COC)C1. The molecule has 2 N–H and O–H groups in total. The lowest BCUT2D eigenvalue weighted by molar-refractivity contribution is -0.155. The van der Waals surface area contributed by atoms with E-state index < -0.39 is 5.54 Å². The fourth-order valence-corrected chi connectivity index (χ4v) is 1.82. The molecular formula is C12H21NO3. The monoisotopic (exact) mass is 227 g/mol. The third kappa shape index (κ3) is 3.23. The van der Waals surface area contributed by atoms with Crippen LogP contribution in [0.15, 0.2) is 12.3 Å². The normalized spacial score (nSPS) is 28.8. The molecule has 1 saturated carbocycles. The summed E-state index contributed by atoms with van der Waals surface area (Å²) in [5.41, 5.74) is 5.17. The smallest absolute Gasteiger partial charge is 0.326 e. The molecule has 1 aliphatic rings. The average molecular weight is 227 g/mol. The summed E-state index contributed by atoms with van der Waals surface area (Å²) in [6, 6.07) is 0. The van der Waals surface area contributed by atoms with Crippen LogP contribution in [0.3, 0.4) is 0 Å². The molecule has 16 heavy (non-hydrogen) atoms. The van der Waals surface area contributed by atoms with Gasteiger partial charge in [0, 0.05) is 0 Å². The van der Waals surface area contributed by atoms with Gasteiger partial charge in [0.05, 0.1) is 20.0 Å². The summed E-state index contributed by atoms with van der Waals surface area (Å²) in [4.78, 5) is 11.6. The second-order valence-electron chi connectivity index (χ2n) is 4.38. The van der Waals surface area contributed by atoms with Gasteiger partial charge in [-0.1, -0.05) is 13.3 Å². The minimum atomic E-state index is -0.767. The minimum absolute atomic E-state index is 0.261. The van der Waals surface area contributed by atoms with Gasteiger partial charge >= 0.3 is 5.97 Å². The van der Waals surface area contributed by atoms with Crippen LogP contribution < -0.4 is 5.73 Å². The third-order valence-corrected chi connectivity index (χ3v) is 2.88. The number of carbonyl (C=O) groups is 1. The van der Waals surface area contributed by atoms with Gasteiger partial charge in [-0.2, -0.15) is 0 Å². The first-order chi connectivity index (χ1) is 7.62. The Labute approximate surface area is 96.8 Å². The number of nitrogens with two attached hydrogens (primary N) is 1. The van der Waals surface area contributed by atoms with Crippen LogP contribution in [-0.4, -0.2) is 25.2 Å². The maximum atomic E-state index is 11.6. The summed E-state index contributed by atoms with van der Waals surface area (Å²) in [6.07, 6.45) is 6.78. The molecule has 0 heterocycles. The highest BCUT2D eigenvalue weighted by atomic mass is 16.5. The van der Waals surface area contributed by atoms with Crippen molar-refractivity contribution in [3.8, 4) is 0 Å². The van der Waals surface area contributed by atoms with Gasteiger partial charge in [0.2, 0.25) is 0 Å². The van der Waals surface area contributed by atoms with E-state index in [1.165, 1.54) is 0 Å². The largest absolute Gasteiger partial charge is 0.505 e. The predicted octanol–water partition coefficient (Wildman–Crippen LogP) is 1.60. The van der Waals surface area contributed by atoms with E-state index in [1.54, 1.807) is 13.4 Å². The highest BCUT2D eigenvalue weighted by molar-refractivity contribution is 5.82. The molecule has 0 aromatic rings. The Hall–Kier alpha value is -1.03. The van der Waals surface area contributed by atoms with Crippen LogP contribution in [-0.2, 0) is 14.3 Å². The lowest BCUT2D eigenvalue weighted by Crippen LogP contribution is -2.58. The Morgan fingerprint density at radius 1 is 1.56 bits per heavy atom. The van der Waals surface area contributed by atoms with Crippen molar-refractivity contribution in [1.29, 1.82) is 0 Å². The fourth-order valence-electron chi connectivity index (χ4n) is 1.82. The Balaban J connectivity index is 2.27. The fraction of sp³-hybridized carbons (Fsp3) is 0.750. The molecule has 0 radical (unpaired) electrons. The van der Waals surface area contributed by atoms with Crippen LogP contribution in [0.5, 0.6) is 0 Å². The minimum Gasteiger partial charge on any atom is -0.505 e. The number of hydrogen-bond donors (Lipinski definition) is 1. The molecule has 1 rings (SSSR count). The Morgan fingerprint density at radius 2 is 2.25 bits per heavy atom. The zero-order valence-electron chi connectivity index (χ0n) is 10.1. The molecule has 0 aliphatic heterocycles. The van der Waals surface area contributed by atoms with Crippen LogP contribution in [0.1, 0.15) is 32.6 Å². The quantitative estimate of drug-likeness (QED) is 0.425. The van der Waals surface area contributed by atoms with Gasteiger partial charge in [0.1, 0.15) is 5.54 Å². The summed E-state index contributed by atoms with van der Waals surface area (Å²) in [5.74, 6) is 0.0756. The van der Waals surface area contributed by atoms with Crippen LogP contribution in [0, 0.1) is 5.92 Å². The molecule has 0 bridgehead atoms. The highest BCUT2D eigenvalue weighted by Crippen LogP contribution is 2.37. The van der Waals surface area contributed by atoms with Gasteiger partial charge in [-0.15, -0.1) is 0 Å². The van der Waals surface area contributed by atoms with E-state index in [0.29, 0.717) is 25.4 Å². The third-order valence-electron chi connectivity index (χ3n) is 2.88. The number of carbonyl (C=O) groups excluding carboxylic acids is 1. The molecule has 0 unspecified atom stereocenters. The number of unbranched alkanes of at least 4 members (excludes halogenated alkanes) is 1. The van der Waals surface area contributed by atoms with E-state index in [2.05, 4.69) is 6.92 Å². The van der Waals surface area contributed by atoms with Crippen molar-refractivity contribution >= 4 is 5.97 Å². The Bertz CT molecular complexity index is 257. The first kappa shape index (κ1) is 13.0. The van der Waals surface area contributed by atoms with Gasteiger partial charge in [-0.05, 0) is 31.3 Å². The summed E-state index contributed by atoms with van der Waals surface area (Å²) in [5, 5.41) is 0. The standard InChI is InChI=1S/C12H21NO3/c1-3-4-6-16-11(14)12(13)8-10(9-12)5-7-15-2/h5,7,10H,3-4,6,8-9,13H2,1-2H3. The molecule has 4 nitrogen and oxygen atoms in total. The molecule has 0 aromatic carbocycles. The van der Waals surface area contributed by atoms with E-state index in [4.69, 9.17) is 15.2 Å². The van der Waals surface area contributed by atoms with Gasteiger partial charge in [-0.25, -0.2) is 0 Å². The van der Waals surface area contributed by atoms with Crippen molar-refractivity contribution in [2.75, 3.05) is 13.7 Å². The van der Waals surface area contributed by atoms with Crippen molar-refractivity contribution in [2.45, 2.75) is 38.1 Å². The number of hydrogen-bond acceptors (Lipinski definition) is 4. The van der Waals surface area contributed by atoms with Crippen molar-refractivity contribution in [1.82, 2.24) is 0 Å². The molecule has 0 spiro atoms. The van der Waals surface area contributed by atoms with Crippen LogP contribution in [0.4, 0.5) is 0 Å². The lowest BCUT2D eigenvalue weighted by atomic mass is 9.69. The number of rotatable bonds is 6. The zero-order chi connectivity index (χ0) is 12.0. The second-order valence-corrected chi connectivity index (χ2v) is 4.38. The second kappa shape index (κ2) is 5.89. The van der Waals surface area contributed by atoms with E-state index in [0.717, 1.165) is 12.8 Å². The zero-order valence-corrected chi connectivity index (χ0v) is 10.1. The average Bonchev–Trinajstić information content (AvgIpc) is 2.23. The van der Waals surface area contributed by atoms with Gasteiger partial charge in [0.25, 0.3) is 0 Å². The van der Waals surface area contributed by atoms with Crippen molar-refractivity contribution in [3.05, 3.63) is 12.3 Å². The predicted molar refractivity (Wildman–Crippen MR) is 61.7 cm³/mol. The summed E-state index contributed by atoms with van der Waals surface area (Å²) < 4.78 is 9.94. The highest BCUT2D eigenvalue weighted by Gasteiger charge is 2.47. The van der Waals surface area contributed by atoms with Gasteiger partial charge < -0.3 is 15.2 Å². The molecule has 0 atom stereocenters. The van der Waals surface area contributed by atoms with E-state index in [9.17, 15) is 4.79 Å². The Kier molecular flexibility index (Phi) is 4.80. The first-order valence-electron chi connectivity index (χ1n) is 5.78. The van der Waals surface area contributed by atoms with Crippen LogP contribution >= 0.6 is 0 Å². The summed E-state index contributed by atoms with van der Waals surface area (Å²) in [6.45, 7) is 2.54. The van der Waals surface area contributed by atoms with Crippen molar-refractivity contribution in [3.63, 3.8) is 0 Å². The van der Waals surface area contributed by atoms with Crippen LogP contribution in [0.2, 0.25) is 0 Å². The van der Waals surface area contributed by atoms with Crippen molar-refractivity contribution in [2.24, 2.45) is 11.7 Å². The lowest BCUT2D eigenvalue weighted by Gasteiger charge is -2.41. The van der Waals surface area contributed by atoms with Gasteiger partial charge in [0.15, 0.2) is 0 Å². The van der Waals surface area contributed by atoms with E-state index >= 15 is 0 Å². The molecule has 0 aromatic heterocycles. The maximum absolute atomic E-state index is 11.6. The number of esters is 1. The number of ether oxygens (including phenoxy) is 2. The molecule has 1 fully saturated rings. The molecule has 0 saturated heterocycles. The van der Waals surface area contributed by atoms with E-state index in [1.807, 2.05) is 6.08 Å². The summed E-state index contributed by atoms with van der Waals surface area (Å²) >= 11 is 0. The summed E-state index contributed by atoms with van der Waals surface area (Å²) in [7, 11) is 1.60. The number of methoxy groups -OCH3 is 1. The Morgan fingerprint density at radius 3 is 2.81 bits per heavy atom. The molecule has 92 valence electrons. The molecule has 1 aliphatic carbocycles. The first-order valence-corrected chi connectivity index (χ1v) is 5.78. The topological polar surface area (TPSA) is 61.5 Å². The molecular weight excluding hydrogens is 206 g/mol. The molecule has 4 heteroatoms. The van der Waals surface area contributed by atoms with Crippen molar-refractivity contribution < 1.29 is 14.3 Å².